The van der Waals surface area contributed by atoms with Gasteiger partial charge < -0.3 is 0 Å². The molecule has 0 amide bonds. The van der Waals surface area contributed by atoms with Gasteiger partial charge in [0.1, 0.15) is 0 Å². The molecule has 0 radical (unpaired) electrons. The molecule has 0 unspecified atom stereocenters. The highest BCUT2D eigenvalue weighted by molar-refractivity contribution is 9.12. The summed E-state index contributed by atoms with van der Waals surface area (Å²) in [7, 11) is 0. The number of halogens is 2. The van der Waals surface area contributed by atoms with Gasteiger partial charge >= 0.3 is 0 Å². The largest absolute Gasteiger partial charge is 0.0794 e. The molecule has 48 valence electrons. The van der Waals surface area contributed by atoms with E-state index in [1.54, 1.807) is 0 Å². The van der Waals surface area contributed by atoms with Crippen LogP contribution >= 0.6 is 27.5 Å². The molecule has 0 rings (SSSR count). The molecule has 0 fully saturated rings. The van der Waals surface area contributed by atoms with Gasteiger partial charge in [-0.1, -0.05) is 37.4 Å². The maximum Gasteiger partial charge on any atom is 0.0794 e. The number of hydrogen-bond donors (Lipinski definition) is 0. The summed E-state index contributed by atoms with van der Waals surface area (Å²) < 4.78 is 0.728. The second-order valence-corrected chi connectivity index (χ2v) is 3.35. The minimum absolute atomic E-state index is 0.728. The van der Waals surface area contributed by atoms with Crippen molar-refractivity contribution in [2.24, 2.45) is 0 Å². The van der Waals surface area contributed by atoms with Gasteiger partial charge in [-0.2, -0.15) is 0 Å². The fourth-order valence-electron chi connectivity index (χ4n) is 0.415. The van der Waals surface area contributed by atoms with Crippen LogP contribution in [-0.2, 0) is 0 Å². The van der Waals surface area contributed by atoms with Gasteiger partial charge in [0.25, 0.3) is 0 Å². The van der Waals surface area contributed by atoms with E-state index in [-0.39, 0.29) is 0 Å². The van der Waals surface area contributed by atoms with Gasteiger partial charge in [0.05, 0.1) is 3.94 Å². The van der Waals surface area contributed by atoms with Crippen LogP contribution in [0.5, 0.6) is 0 Å². The summed E-state index contributed by atoms with van der Waals surface area (Å²) in [5.41, 5.74) is 0. The van der Waals surface area contributed by atoms with Crippen LogP contribution in [0.1, 0.15) is 26.2 Å². The summed E-state index contributed by atoms with van der Waals surface area (Å²) >= 11 is 8.62. The van der Waals surface area contributed by atoms with Crippen molar-refractivity contribution in [1.29, 1.82) is 0 Å². The van der Waals surface area contributed by atoms with Crippen LogP contribution in [0.15, 0.2) is 10.0 Å². The predicted octanol–water partition coefficient (Wildman–Crippen LogP) is 3.65. The Kier molecular flexibility index (Phi) is 6.00. The number of unbranched alkanes of at least 4 members (excludes halogenated alkanes) is 2. The molecule has 0 aromatic carbocycles. The Morgan fingerprint density at radius 2 is 2.38 bits per heavy atom. The molecule has 0 aliphatic heterocycles. The van der Waals surface area contributed by atoms with E-state index in [1.165, 1.54) is 12.8 Å². The topological polar surface area (TPSA) is 0 Å². The van der Waals surface area contributed by atoms with Crippen molar-refractivity contribution in [3.63, 3.8) is 0 Å². The molecule has 0 spiro atoms. The van der Waals surface area contributed by atoms with Gasteiger partial charge in [-0.15, -0.1) is 0 Å². The Balaban J connectivity index is 3.03. The Labute approximate surface area is 64.0 Å². The number of rotatable bonds is 3. The van der Waals surface area contributed by atoms with Crippen LogP contribution < -0.4 is 0 Å². The molecule has 2 heteroatoms. The molecule has 0 N–H and O–H groups in total. The summed E-state index contributed by atoms with van der Waals surface area (Å²) in [6.45, 7) is 2.16. The molecule has 0 aliphatic carbocycles. The zero-order valence-corrected chi connectivity index (χ0v) is 7.30. The summed E-state index contributed by atoms with van der Waals surface area (Å²) in [6, 6.07) is 0. The van der Waals surface area contributed by atoms with Crippen LogP contribution in [0, 0.1) is 0 Å². The summed E-state index contributed by atoms with van der Waals surface area (Å²) in [5, 5.41) is 0. The smallest absolute Gasteiger partial charge is 0.0765 e. The van der Waals surface area contributed by atoms with Crippen molar-refractivity contribution in [1.82, 2.24) is 0 Å². The van der Waals surface area contributed by atoms with E-state index in [4.69, 9.17) is 11.6 Å². The van der Waals surface area contributed by atoms with Gasteiger partial charge in [-0.3, -0.25) is 0 Å². The van der Waals surface area contributed by atoms with E-state index in [9.17, 15) is 0 Å². The molecule has 0 saturated heterocycles. The monoisotopic (exact) mass is 196 g/mol. The lowest BCUT2D eigenvalue weighted by atomic mass is 10.2. The third-order valence-electron chi connectivity index (χ3n) is 0.856. The van der Waals surface area contributed by atoms with E-state index in [0.29, 0.717) is 0 Å². The minimum atomic E-state index is 0.728. The normalized spacial score (nSPS) is 12.1. The zero-order chi connectivity index (χ0) is 6.41. The maximum atomic E-state index is 5.49. The third kappa shape index (κ3) is 6.51. The highest BCUT2D eigenvalue weighted by Crippen LogP contribution is 2.11. The average Bonchev–Trinajstić information content (AvgIpc) is 1.66. The van der Waals surface area contributed by atoms with Crippen LogP contribution in [0.25, 0.3) is 0 Å². The lowest BCUT2D eigenvalue weighted by molar-refractivity contribution is 0.815. The van der Waals surface area contributed by atoms with Crippen LogP contribution in [0.4, 0.5) is 0 Å². The highest BCUT2D eigenvalue weighted by Gasteiger charge is 1.81. The summed E-state index contributed by atoms with van der Waals surface area (Å²) in [4.78, 5) is 0. The van der Waals surface area contributed by atoms with Gasteiger partial charge in [-0.25, -0.2) is 0 Å². The Morgan fingerprint density at radius 3 is 2.75 bits per heavy atom. The van der Waals surface area contributed by atoms with Crippen LogP contribution in [0.3, 0.4) is 0 Å². The lowest BCUT2D eigenvalue weighted by Gasteiger charge is -1.86. The van der Waals surface area contributed by atoms with Gasteiger partial charge in [0, 0.05) is 0 Å². The third-order valence-corrected chi connectivity index (χ3v) is 1.33. The average molecular weight is 198 g/mol. The molecule has 0 saturated carbocycles. The molecular formula is C6H10BrCl. The Hall–Kier alpha value is 0.510. The second-order valence-electron chi connectivity index (χ2n) is 1.64. The van der Waals surface area contributed by atoms with E-state index < -0.39 is 0 Å². The first kappa shape index (κ1) is 8.51. The Bertz CT molecular complexity index is 74.6. The van der Waals surface area contributed by atoms with Crippen LogP contribution in [-0.4, -0.2) is 0 Å². The van der Waals surface area contributed by atoms with Gasteiger partial charge in [0.15, 0.2) is 0 Å². The van der Waals surface area contributed by atoms with E-state index >= 15 is 0 Å². The van der Waals surface area contributed by atoms with E-state index in [2.05, 4.69) is 22.9 Å². The standard InChI is InChI=1S/C6H10BrCl/c1-2-3-4-5-6(7)8/h5H,2-4H2,1H3. The second kappa shape index (κ2) is 5.64. The zero-order valence-electron chi connectivity index (χ0n) is 4.95. The molecular weight excluding hydrogens is 187 g/mol. The van der Waals surface area contributed by atoms with E-state index in [0.717, 1.165) is 10.4 Å². The molecule has 0 aromatic rings. The first-order valence-corrected chi connectivity index (χ1v) is 3.95. The molecule has 0 bridgehead atoms. The van der Waals surface area contributed by atoms with Crippen molar-refractivity contribution < 1.29 is 0 Å². The molecule has 0 heterocycles. The van der Waals surface area contributed by atoms with Crippen molar-refractivity contribution >= 4 is 27.5 Å². The van der Waals surface area contributed by atoms with Crippen molar-refractivity contribution in [2.45, 2.75) is 26.2 Å². The summed E-state index contributed by atoms with van der Waals surface area (Å²) in [6.07, 6.45) is 5.52. The molecule has 8 heavy (non-hydrogen) atoms. The maximum absolute atomic E-state index is 5.49. The lowest BCUT2D eigenvalue weighted by Crippen LogP contribution is -1.65. The van der Waals surface area contributed by atoms with Gasteiger partial charge in [-0.05, 0) is 22.4 Å². The number of allylic oxidation sites excluding steroid dienone is 1. The molecule has 0 atom stereocenters. The molecule has 0 aliphatic rings. The Morgan fingerprint density at radius 1 is 1.75 bits per heavy atom. The SMILES string of the molecule is CCCCC=C(Cl)Br. The molecule has 0 aromatic heterocycles. The highest BCUT2D eigenvalue weighted by atomic mass is 79.9. The number of hydrogen-bond acceptors (Lipinski definition) is 0. The van der Waals surface area contributed by atoms with E-state index in [1.807, 2.05) is 6.08 Å². The van der Waals surface area contributed by atoms with Crippen molar-refractivity contribution in [3.05, 3.63) is 10.0 Å². The molecule has 0 nitrogen and oxygen atoms in total. The van der Waals surface area contributed by atoms with Gasteiger partial charge in [0.2, 0.25) is 0 Å². The van der Waals surface area contributed by atoms with Crippen molar-refractivity contribution in [2.75, 3.05) is 0 Å². The fourth-order valence-corrected chi connectivity index (χ4v) is 0.753. The van der Waals surface area contributed by atoms with Crippen LogP contribution in [0.2, 0.25) is 0 Å². The predicted molar refractivity (Wildman–Crippen MR) is 42.4 cm³/mol. The quantitative estimate of drug-likeness (QED) is 0.606. The fraction of sp³-hybridized carbons (Fsp3) is 0.667. The minimum Gasteiger partial charge on any atom is -0.0765 e. The summed E-state index contributed by atoms with van der Waals surface area (Å²) in [5.74, 6) is 0. The first-order valence-electron chi connectivity index (χ1n) is 2.78. The van der Waals surface area contributed by atoms with Crippen molar-refractivity contribution in [3.8, 4) is 0 Å². The first-order chi connectivity index (χ1) is 3.77.